The Kier molecular flexibility index (Phi) is 5.01. The van der Waals surface area contributed by atoms with Crippen molar-refractivity contribution in [2.45, 2.75) is 44.4 Å². The molecule has 3 heteroatoms. The van der Waals surface area contributed by atoms with Crippen molar-refractivity contribution in [1.82, 2.24) is 0 Å². The van der Waals surface area contributed by atoms with Gasteiger partial charge in [0.15, 0.2) is 0 Å². The minimum absolute atomic E-state index is 0.579. The summed E-state index contributed by atoms with van der Waals surface area (Å²) in [5.41, 5.74) is 2.75. The average Bonchev–Trinajstić information content (AvgIpc) is 2.37. The fourth-order valence-electron chi connectivity index (χ4n) is 2.65. The zero-order valence-electron chi connectivity index (χ0n) is 10.1. The summed E-state index contributed by atoms with van der Waals surface area (Å²) in [5, 5.41) is 0. The molecule has 17 heavy (non-hydrogen) atoms. The van der Waals surface area contributed by atoms with E-state index in [1.54, 1.807) is 0 Å². The van der Waals surface area contributed by atoms with Crippen LogP contribution in [0.4, 0.5) is 0 Å². The first kappa shape index (κ1) is 13.1. The van der Waals surface area contributed by atoms with Gasteiger partial charge in [0.1, 0.15) is 0 Å². The van der Waals surface area contributed by atoms with Gasteiger partial charge < -0.3 is 4.84 Å². The third-order valence-electron chi connectivity index (χ3n) is 3.62. The molecule has 0 heterocycles. The lowest BCUT2D eigenvalue weighted by molar-refractivity contribution is 0.141. The molecule has 2 nitrogen and oxygen atoms in total. The molecule has 94 valence electrons. The zero-order chi connectivity index (χ0) is 12.1. The maximum Gasteiger partial charge on any atom is 0.0719 e. The molecular formula is C14H20BrNO. The Morgan fingerprint density at radius 2 is 2.00 bits per heavy atom. The second-order valence-electron chi connectivity index (χ2n) is 4.81. The Bertz CT molecular complexity index is 361. The SMILES string of the molecule is NOCCc1ccc(C2CCCCC2)c(Br)c1. The van der Waals surface area contributed by atoms with Gasteiger partial charge in [0.25, 0.3) is 0 Å². The summed E-state index contributed by atoms with van der Waals surface area (Å²) in [6, 6.07) is 6.68. The predicted molar refractivity (Wildman–Crippen MR) is 73.8 cm³/mol. The fraction of sp³-hybridized carbons (Fsp3) is 0.571. The molecule has 1 fully saturated rings. The molecular weight excluding hydrogens is 278 g/mol. The molecule has 1 saturated carbocycles. The summed E-state index contributed by atoms with van der Waals surface area (Å²) in [5.74, 6) is 5.80. The molecule has 0 spiro atoms. The number of hydrogen-bond acceptors (Lipinski definition) is 2. The third-order valence-corrected chi connectivity index (χ3v) is 4.31. The van der Waals surface area contributed by atoms with Crippen molar-refractivity contribution in [3.05, 3.63) is 33.8 Å². The number of benzene rings is 1. The van der Waals surface area contributed by atoms with E-state index in [0.717, 1.165) is 12.3 Å². The van der Waals surface area contributed by atoms with Gasteiger partial charge in [0.2, 0.25) is 0 Å². The average molecular weight is 298 g/mol. The highest BCUT2D eigenvalue weighted by Gasteiger charge is 2.17. The summed E-state index contributed by atoms with van der Waals surface area (Å²) in [7, 11) is 0. The minimum Gasteiger partial charge on any atom is -0.304 e. The fourth-order valence-corrected chi connectivity index (χ4v) is 3.40. The van der Waals surface area contributed by atoms with Gasteiger partial charge in [-0.05, 0) is 42.4 Å². The van der Waals surface area contributed by atoms with Crippen molar-refractivity contribution in [3.8, 4) is 0 Å². The van der Waals surface area contributed by atoms with Crippen LogP contribution in [0, 0.1) is 0 Å². The van der Waals surface area contributed by atoms with Crippen LogP contribution in [-0.2, 0) is 11.3 Å². The normalized spacial score (nSPS) is 17.3. The summed E-state index contributed by atoms with van der Waals surface area (Å²) in [4.78, 5) is 4.62. The highest BCUT2D eigenvalue weighted by atomic mass is 79.9. The molecule has 0 unspecified atom stereocenters. The van der Waals surface area contributed by atoms with Crippen molar-refractivity contribution >= 4 is 15.9 Å². The summed E-state index contributed by atoms with van der Waals surface area (Å²) in [6.07, 6.45) is 7.70. The molecule has 1 aromatic rings. The van der Waals surface area contributed by atoms with Crippen LogP contribution in [0.15, 0.2) is 22.7 Å². The van der Waals surface area contributed by atoms with Gasteiger partial charge in [-0.3, -0.25) is 0 Å². The standard InChI is InChI=1S/C14H20BrNO/c15-14-10-11(8-9-17-16)6-7-13(14)12-4-2-1-3-5-12/h6-7,10,12H,1-5,8-9,16H2. The first-order valence-corrected chi connectivity index (χ1v) is 7.20. The second kappa shape index (κ2) is 6.53. The molecule has 0 radical (unpaired) electrons. The Morgan fingerprint density at radius 3 is 2.65 bits per heavy atom. The van der Waals surface area contributed by atoms with Gasteiger partial charge in [-0.1, -0.05) is 47.3 Å². The van der Waals surface area contributed by atoms with E-state index in [1.807, 2.05) is 0 Å². The van der Waals surface area contributed by atoms with Gasteiger partial charge >= 0.3 is 0 Å². The van der Waals surface area contributed by atoms with Crippen molar-refractivity contribution in [2.75, 3.05) is 6.61 Å². The van der Waals surface area contributed by atoms with Gasteiger partial charge in [0, 0.05) is 4.47 Å². The maximum atomic E-state index is 5.05. The Hall–Kier alpha value is -0.380. The number of hydrogen-bond donors (Lipinski definition) is 1. The minimum atomic E-state index is 0.579. The van der Waals surface area contributed by atoms with Crippen LogP contribution >= 0.6 is 15.9 Å². The summed E-state index contributed by atoms with van der Waals surface area (Å²) >= 11 is 3.70. The maximum absolute atomic E-state index is 5.05. The van der Waals surface area contributed by atoms with Crippen LogP contribution in [-0.4, -0.2) is 6.61 Å². The molecule has 1 aliphatic rings. The van der Waals surface area contributed by atoms with Crippen molar-refractivity contribution in [2.24, 2.45) is 5.90 Å². The Balaban J connectivity index is 2.07. The topological polar surface area (TPSA) is 35.2 Å². The summed E-state index contributed by atoms with van der Waals surface area (Å²) < 4.78 is 1.25. The molecule has 2 N–H and O–H groups in total. The van der Waals surface area contributed by atoms with Crippen LogP contribution in [0.3, 0.4) is 0 Å². The predicted octanol–water partition coefficient (Wildman–Crippen LogP) is 3.93. The third kappa shape index (κ3) is 3.54. The molecule has 1 aromatic carbocycles. The van der Waals surface area contributed by atoms with Gasteiger partial charge in [-0.25, -0.2) is 5.90 Å². The lowest BCUT2D eigenvalue weighted by atomic mass is 9.84. The van der Waals surface area contributed by atoms with E-state index in [0.29, 0.717) is 6.61 Å². The van der Waals surface area contributed by atoms with Crippen molar-refractivity contribution in [1.29, 1.82) is 0 Å². The van der Waals surface area contributed by atoms with Crippen LogP contribution in [0.25, 0.3) is 0 Å². The molecule has 2 rings (SSSR count). The number of rotatable bonds is 4. The van der Waals surface area contributed by atoms with Gasteiger partial charge in [0.05, 0.1) is 6.61 Å². The Morgan fingerprint density at radius 1 is 1.24 bits per heavy atom. The van der Waals surface area contributed by atoms with Crippen LogP contribution in [0.5, 0.6) is 0 Å². The number of halogens is 1. The summed E-state index contributed by atoms with van der Waals surface area (Å²) in [6.45, 7) is 0.579. The Labute approximate surface area is 112 Å². The van der Waals surface area contributed by atoms with E-state index in [1.165, 1.54) is 47.7 Å². The highest BCUT2D eigenvalue weighted by molar-refractivity contribution is 9.10. The van der Waals surface area contributed by atoms with Crippen molar-refractivity contribution in [3.63, 3.8) is 0 Å². The van der Waals surface area contributed by atoms with Crippen LogP contribution in [0.1, 0.15) is 49.1 Å². The first-order valence-electron chi connectivity index (χ1n) is 6.41. The first-order chi connectivity index (χ1) is 8.31. The van der Waals surface area contributed by atoms with Crippen molar-refractivity contribution < 1.29 is 4.84 Å². The monoisotopic (exact) mass is 297 g/mol. The van der Waals surface area contributed by atoms with E-state index in [4.69, 9.17) is 5.90 Å². The largest absolute Gasteiger partial charge is 0.304 e. The smallest absolute Gasteiger partial charge is 0.0719 e. The van der Waals surface area contributed by atoms with E-state index >= 15 is 0 Å². The highest BCUT2D eigenvalue weighted by Crippen LogP contribution is 2.36. The molecule has 0 atom stereocenters. The molecule has 0 saturated heterocycles. The lowest BCUT2D eigenvalue weighted by Gasteiger charge is -2.23. The molecule has 0 amide bonds. The van der Waals surface area contributed by atoms with Crippen LogP contribution < -0.4 is 5.90 Å². The second-order valence-corrected chi connectivity index (χ2v) is 5.67. The quantitative estimate of drug-likeness (QED) is 0.855. The number of nitrogens with two attached hydrogens (primary N) is 1. The molecule has 0 bridgehead atoms. The molecule has 0 aromatic heterocycles. The molecule has 0 aliphatic heterocycles. The van der Waals surface area contributed by atoms with E-state index in [-0.39, 0.29) is 0 Å². The van der Waals surface area contributed by atoms with Gasteiger partial charge in [-0.2, -0.15) is 0 Å². The van der Waals surface area contributed by atoms with Crippen LogP contribution in [0.2, 0.25) is 0 Å². The van der Waals surface area contributed by atoms with Gasteiger partial charge in [-0.15, -0.1) is 0 Å². The van der Waals surface area contributed by atoms with E-state index in [9.17, 15) is 0 Å². The van der Waals surface area contributed by atoms with E-state index in [2.05, 4.69) is 39.0 Å². The lowest BCUT2D eigenvalue weighted by Crippen LogP contribution is -2.06. The molecule has 1 aliphatic carbocycles. The zero-order valence-corrected chi connectivity index (χ0v) is 11.7. The van der Waals surface area contributed by atoms with E-state index < -0.39 is 0 Å².